The second kappa shape index (κ2) is 13.0. The first-order valence-corrected chi connectivity index (χ1v) is 12.1. The van der Waals surface area contributed by atoms with E-state index in [0.29, 0.717) is 29.4 Å². The van der Waals surface area contributed by atoms with Gasteiger partial charge in [-0.2, -0.15) is 5.10 Å². The zero-order valence-corrected chi connectivity index (χ0v) is 21.3. The Morgan fingerprint density at radius 2 is 1.46 bits per heavy atom. The Balaban J connectivity index is 1.18. The van der Waals surface area contributed by atoms with Gasteiger partial charge in [0.2, 0.25) is 0 Å². The van der Waals surface area contributed by atoms with Gasteiger partial charge in [-0.3, -0.25) is 4.79 Å². The molecule has 0 aliphatic carbocycles. The highest BCUT2D eigenvalue weighted by Crippen LogP contribution is 2.19. The van der Waals surface area contributed by atoms with Crippen molar-refractivity contribution in [2.24, 2.45) is 5.10 Å². The van der Waals surface area contributed by atoms with Crippen molar-refractivity contribution < 1.29 is 23.8 Å². The molecule has 1 amide bonds. The summed E-state index contributed by atoms with van der Waals surface area (Å²) in [5.74, 6) is 0.791. The molecule has 4 rings (SSSR count). The molecule has 0 aromatic heterocycles. The van der Waals surface area contributed by atoms with Crippen molar-refractivity contribution in [3.05, 3.63) is 124 Å². The molecule has 0 unspecified atom stereocenters. The third-order valence-electron chi connectivity index (χ3n) is 5.00. The second-order valence-electron chi connectivity index (χ2n) is 7.80. The largest absolute Gasteiger partial charge is 0.489 e. The Morgan fingerprint density at radius 1 is 0.784 bits per heavy atom. The number of ether oxygens (including phenoxy) is 3. The van der Waals surface area contributed by atoms with Crippen LogP contribution in [0.5, 0.6) is 17.2 Å². The first-order valence-electron chi connectivity index (χ1n) is 11.3. The molecule has 0 saturated carbocycles. The summed E-state index contributed by atoms with van der Waals surface area (Å²) in [5.41, 5.74) is 4.65. The Morgan fingerprint density at radius 3 is 2.16 bits per heavy atom. The molecule has 0 spiro atoms. The average Bonchev–Trinajstić information content (AvgIpc) is 2.93. The van der Waals surface area contributed by atoms with Gasteiger partial charge in [0.25, 0.3) is 5.91 Å². The summed E-state index contributed by atoms with van der Waals surface area (Å²) < 4.78 is 17.4. The molecule has 8 heteroatoms. The number of amides is 1. The molecule has 186 valence electrons. The molecule has 0 bridgehead atoms. The maximum Gasteiger partial charge on any atom is 0.343 e. The molecule has 1 N–H and O–H groups in total. The lowest BCUT2D eigenvalue weighted by atomic mass is 10.2. The minimum Gasteiger partial charge on any atom is -0.489 e. The molecule has 0 heterocycles. The molecule has 0 aliphatic rings. The number of hydrogen-bond donors (Lipinski definition) is 1. The SMILES string of the molecule is O=C(COc1ccc(OCc2ccccc2)cc1)NN=Cc1ccc(OC(=O)c2cccc(Br)c2)cc1. The zero-order chi connectivity index (χ0) is 25.9. The van der Waals surface area contributed by atoms with Crippen molar-refractivity contribution in [1.29, 1.82) is 0 Å². The van der Waals surface area contributed by atoms with Crippen LogP contribution in [0, 0.1) is 0 Å². The highest BCUT2D eigenvalue weighted by molar-refractivity contribution is 9.10. The minimum absolute atomic E-state index is 0.188. The third kappa shape index (κ3) is 8.33. The summed E-state index contributed by atoms with van der Waals surface area (Å²) in [6, 6.07) is 30.6. The van der Waals surface area contributed by atoms with Gasteiger partial charge in [-0.15, -0.1) is 0 Å². The van der Waals surface area contributed by atoms with E-state index in [9.17, 15) is 9.59 Å². The molecule has 7 nitrogen and oxygen atoms in total. The molecule has 0 atom stereocenters. The van der Waals surface area contributed by atoms with Gasteiger partial charge in [0.1, 0.15) is 23.9 Å². The summed E-state index contributed by atoms with van der Waals surface area (Å²) in [6.45, 7) is 0.285. The lowest BCUT2D eigenvalue weighted by molar-refractivity contribution is -0.123. The van der Waals surface area contributed by atoms with E-state index in [0.717, 1.165) is 15.6 Å². The van der Waals surface area contributed by atoms with Crippen molar-refractivity contribution in [2.75, 3.05) is 6.61 Å². The fraction of sp³-hybridized carbons (Fsp3) is 0.0690. The van der Waals surface area contributed by atoms with Crippen molar-refractivity contribution in [3.63, 3.8) is 0 Å². The third-order valence-corrected chi connectivity index (χ3v) is 5.49. The number of carbonyl (C=O) groups is 2. The van der Waals surface area contributed by atoms with Crippen LogP contribution in [-0.4, -0.2) is 24.7 Å². The van der Waals surface area contributed by atoms with E-state index in [2.05, 4.69) is 26.5 Å². The summed E-state index contributed by atoms with van der Waals surface area (Å²) in [7, 11) is 0. The molecule has 4 aromatic carbocycles. The van der Waals surface area contributed by atoms with Crippen LogP contribution in [0.1, 0.15) is 21.5 Å². The molecular weight excluding hydrogens is 536 g/mol. The lowest BCUT2D eigenvalue weighted by Crippen LogP contribution is -2.24. The van der Waals surface area contributed by atoms with Gasteiger partial charge >= 0.3 is 5.97 Å². The van der Waals surface area contributed by atoms with E-state index < -0.39 is 11.9 Å². The van der Waals surface area contributed by atoms with Crippen LogP contribution in [0.4, 0.5) is 0 Å². The van der Waals surface area contributed by atoms with Gasteiger partial charge in [-0.05, 0) is 77.9 Å². The topological polar surface area (TPSA) is 86.2 Å². The van der Waals surface area contributed by atoms with Gasteiger partial charge in [-0.25, -0.2) is 10.2 Å². The lowest BCUT2D eigenvalue weighted by Gasteiger charge is -2.08. The van der Waals surface area contributed by atoms with Crippen LogP contribution in [0.2, 0.25) is 0 Å². The highest BCUT2D eigenvalue weighted by atomic mass is 79.9. The molecule has 0 radical (unpaired) electrons. The van der Waals surface area contributed by atoms with Gasteiger partial charge in [0.05, 0.1) is 11.8 Å². The van der Waals surface area contributed by atoms with Gasteiger partial charge < -0.3 is 14.2 Å². The van der Waals surface area contributed by atoms with Gasteiger partial charge in [-0.1, -0.05) is 52.3 Å². The number of rotatable bonds is 10. The Hall–Kier alpha value is -4.43. The highest BCUT2D eigenvalue weighted by Gasteiger charge is 2.09. The number of nitrogens with zero attached hydrogens (tertiary/aromatic N) is 1. The number of carbonyl (C=O) groups excluding carboxylic acids is 2. The Bertz CT molecular complexity index is 1360. The fourth-order valence-corrected chi connectivity index (χ4v) is 3.54. The van der Waals surface area contributed by atoms with E-state index in [1.54, 1.807) is 66.7 Å². The summed E-state index contributed by atoms with van der Waals surface area (Å²) in [4.78, 5) is 24.3. The van der Waals surface area contributed by atoms with Crippen LogP contribution in [0.3, 0.4) is 0 Å². The molecule has 0 fully saturated rings. The van der Waals surface area contributed by atoms with E-state index in [-0.39, 0.29) is 6.61 Å². The van der Waals surface area contributed by atoms with Crippen LogP contribution in [-0.2, 0) is 11.4 Å². The number of benzene rings is 4. The quantitative estimate of drug-likeness (QED) is 0.115. The van der Waals surface area contributed by atoms with E-state index in [1.165, 1.54) is 6.21 Å². The van der Waals surface area contributed by atoms with Gasteiger partial charge in [0.15, 0.2) is 6.61 Å². The smallest absolute Gasteiger partial charge is 0.343 e. The number of hydrazone groups is 1. The van der Waals surface area contributed by atoms with Crippen LogP contribution in [0.25, 0.3) is 0 Å². The van der Waals surface area contributed by atoms with Crippen molar-refractivity contribution in [1.82, 2.24) is 5.43 Å². The second-order valence-corrected chi connectivity index (χ2v) is 8.71. The molecule has 4 aromatic rings. The van der Waals surface area contributed by atoms with Crippen LogP contribution in [0.15, 0.2) is 113 Å². The Kier molecular flexibility index (Phi) is 9.04. The number of nitrogens with one attached hydrogen (secondary N) is 1. The zero-order valence-electron chi connectivity index (χ0n) is 19.7. The summed E-state index contributed by atoms with van der Waals surface area (Å²) in [5, 5.41) is 3.93. The molecule has 0 aliphatic heterocycles. The maximum absolute atomic E-state index is 12.2. The maximum atomic E-state index is 12.2. The van der Waals surface area contributed by atoms with E-state index >= 15 is 0 Å². The monoisotopic (exact) mass is 558 g/mol. The van der Waals surface area contributed by atoms with Crippen molar-refractivity contribution >= 4 is 34.0 Å². The predicted molar refractivity (Wildman–Crippen MR) is 144 cm³/mol. The molecule has 0 saturated heterocycles. The van der Waals surface area contributed by atoms with Crippen molar-refractivity contribution in [2.45, 2.75) is 6.61 Å². The first kappa shape index (κ1) is 25.7. The van der Waals surface area contributed by atoms with Crippen LogP contribution >= 0.6 is 15.9 Å². The number of halogens is 1. The fourth-order valence-electron chi connectivity index (χ4n) is 3.14. The van der Waals surface area contributed by atoms with E-state index in [1.807, 2.05) is 36.4 Å². The molecular formula is C29H23BrN2O5. The minimum atomic E-state index is -0.454. The average molecular weight is 559 g/mol. The predicted octanol–water partition coefficient (Wildman–Crippen LogP) is 5.78. The van der Waals surface area contributed by atoms with Crippen LogP contribution < -0.4 is 19.6 Å². The van der Waals surface area contributed by atoms with E-state index in [4.69, 9.17) is 14.2 Å². The normalized spacial score (nSPS) is 10.6. The summed E-state index contributed by atoms with van der Waals surface area (Å²) in [6.07, 6.45) is 1.48. The number of esters is 1. The standard InChI is InChI=1S/C29H23BrN2O5/c30-24-8-4-7-23(17-24)29(34)37-27-11-9-21(10-12-27)18-31-32-28(33)20-36-26-15-13-25(14-16-26)35-19-22-5-2-1-3-6-22/h1-18H,19-20H2,(H,32,33). The Labute approximate surface area is 222 Å². The first-order chi connectivity index (χ1) is 18.0. The van der Waals surface area contributed by atoms with Crippen molar-refractivity contribution in [3.8, 4) is 17.2 Å². The summed E-state index contributed by atoms with van der Waals surface area (Å²) >= 11 is 3.33. The molecule has 37 heavy (non-hydrogen) atoms. The number of hydrogen-bond acceptors (Lipinski definition) is 6. The van der Waals surface area contributed by atoms with Gasteiger partial charge in [0, 0.05) is 4.47 Å².